The molecule has 2 fully saturated rings. The van der Waals surface area contributed by atoms with Crippen molar-refractivity contribution < 1.29 is 9.90 Å². The van der Waals surface area contributed by atoms with E-state index in [0.717, 1.165) is 32.1 Å². The summed E-state index contributed by atoms with van der Waals surface area (Å²) in [6, 6.07) is 0. The molecule has 17 heavy (non-hydrogen) atoms. The second-order valence-electron chi connectivity index (χ2n) is 6.18. The smallest absolute Gasteiger partial charge is 0.133 e. The van der Waals surface area contributed by atoms with E-state index in [0.29, 0.717) is 24.5 Å². The number of ketones is 1. The van der Waals surface area contributed by atoms with Crippen molar-refractivity contribution in [3.05, 3.63) is 0 Å². The average Bonchev–Trinajstić information content (AvgIpc) is 2.30. The molecule has 0 saturated heterocycles. The first-order valence-electron chi connectivity index (χ1n) is 7.42. The van der Waals surface area contributed by atoms with Crippen LogP contribution in [0.25, 0.3) is 0 Å². The Bertz CT molecular complexity index is 262. The first-order chi connectivity index (χ1) is 8.18. The van der Waals surface area contributed by atoms with Crippen molar-refractivity contribution in [1.82, 2.24) is 0 Å². The second-order valence-corrected chi connectivity index (χ2v) is 6.18. The van der Waals surface area contributed by atoms with Gasteiger partial charge in [0.05, 0.1) is 5.60 Å². The predicted octanol–water partition coefficient (Wildman–Crippen LogP) is 3.61. The van der Waals surface area contributed by atoms with Gasteiger partial charge in [-0.3, -0.25) is 4.79 Å². The molecule has 0 aromatic heterocycles. The van der Waals surface area contributed by atoms with Crippen LogP contribution in [0.1, 0.15) is 77.0 Å². The zero-order valence-electron chi connectivity index (χ0n) is 10.9. The average molecular weight is 238 g/mol. The van der Waals surface area contributed by atoms with Crippen LogP contribution in [-0.2, 0) is 4.79 Å². The summed E-state index contributed by atoms with van der Waals surface area (Å²) in [5.41, 5.74) is -0.516. The fourth-order valence-electron chi connectivity index (χ4n) is 3.54. The van der Waals surface area contributed by atoms with Gasteiger partial charge < -0.3 is 5.11 Å². The van der Waals surface area contributed by atoms with Gasteiger partial charge in [0.1, 0.15) is 5.78 Å². The molecule has 0 spiro atoms. The largest absolute Gasteiger partial charge is 0.390 e. The molecule has 98 valence electrons. The summed E-state index contributed by atoms with van der Waals surface area (Å²) in [4.78, 5) is 11.7. The van der Waals surface area contributed by atoms with E-state index in [2.05, 4.69) is 0 Å². The van der Waals surface area contributed by atoms with Crippen LogP contribution in [0, 0.1) is 5.92 Å². The lowest BCUT2D eigenvalue weighted by molar-refractivity contribution is -0.121. The van der Waals surface area contributed by atoms with Gasteiger partial charge in [0.25, 0.3) is 0 Å². The first kappa shape index (κ1) is 13.1. The molecular formula is C15H26O2. The molecule has 1 N–H and O–H groups in total. The third-order valence-corrected chi connectivity index (χ3v) is 4.61. The van der Waals surface area contributed by atoms with E-state index in [1.54, 1.807) is 0 Å². The van der Waals surface area contributed by atoms with Gasteiger partial charge in [0.15, 0.2) is 0 Å². The Morgan fingerprint density at radius 3 is 2.59 bits per heavy atom. The summed E-state index contributed by atoms with van der Waals surface area (Å²) < 4.78 is 0. The fraction of sp³-hybridized carbons (Fsp3) is 0.933. The van der Waals surface area contributed by atoms with Crippen molar-refractivity contribution >= 4 is 5.78 Å². The lowest BCUT2D eigenvalue weighted by atomic mass is 9.73. The summed E-state index contributed by atoms with van der Waals surface area (Å²) >= 11 is 0. The van der Waals surface area contributed by atoms with Crippen LogP contribution in [0.3, 0.4) is 0 Å². The zero-order chi connectivity index (χ0) is 12.1. The number of fused-ring (bicyclic) bond motifs is 2. The molecule has 0 heterocycles. The van der Waals surface area contributed by atoms with Gasteiger partial charge in [-0.05, 0) is 31.6 Å². The quantitative estimate of drug-likeness (QED) is 0.700. The number of carbonyl (C=O) groups is 1. The fourth-order valence-corrected chi connectivity index (χ4v) is 3.54. The van der Waals surface area contributed by atoms with Gasteiger partial charge in [0, 0.05) is 12.8 Å². The Morgan fingerprint density at radius 1 is 0.941 bits per heavy atom. The predicted molar refractivity (Wildman–Crippen MR) is 68.9 cm³/mol. The number of hydrogen-bond acceptors (Lipinski definition) is 2. The Labute approximate surface area is 105 Å². The van der Waals surface area contributed by atoms with Crippen LogP contribution >= 0.6 is 0 Å². The lowest BCUT2D eigenvalue weighted by Crippen LogP contribution is -2.35. The normalized spacial score (nSPS) is 37.0. The van der Waals surface area contributed by atoms with Crippen LogP contribution in [0.15, 0.2) is 0 Å². The van der Waals surface area contributed by atoms with Crippen LogP contribution in [0.2, 0.25) is 0 Å². The molecule has 0 aromatic carbocycles. The Morgan fingerprint density at radius 2 is 1.71 bits per heavy atom. The van der Waals surface area contributed by atoms with Crippen LogP contribution in [0.4, 0.5) is 0 Å². The van der Waals surface area contributed by atoms with E-state index in [4.69, 9.17) is 0 Å². The minimum absolute atomic E-state index is 0.362. The first-order valence-corrected chi connectivity index (χ1v) is 7.42. The molecule has 2 bridgehead atoms. The minimum Gasteiger partial charge on any atom is -0.390 e. The van der Waals surface area contributed by atoms with E-state index >= 15 is 0 Å². The van der Waals surface area contributed by atoms with Crippen LogP contribution in [0.5, 0.6) is 0 Å². The van der Waals surface area contributed by atoms with Gasteiger partial charge in [-0.2, -0.15) is 0 Å². The van der Waals surface area contributed by atoms with Gasteiger partial charge in [-0.15, -0.1) is 0 Å². The van der Waals surface area contributed by atoms with E-state index in [1.165, 1.54) is 32.1 Å². The van der Waals surface area contributed by atoms with E-state index in [9.17, 15) is 9.90 Å². The molecular weight excluding hydrogens is 212 g/mol. The highest BCUT2D eigenvalue weighted by Gasteiger charge is 2.34. The molecule has 0 amide bonds. The zero-order valence-corrected chi connectivity index (χ0v) is 10.9. The van der Waals surface area contributed by atoms with Crippen molar-refractivity contribution in [1.29, 1.82) is 0 Å². The highest BCUT2D eigenvalue weighted by Crippen LogP contribution is 2.38. The molecule has 2 unspecified atom stereocenters. The summed E-state index contributed by atoms with van der Waals surface area (Å²) in [6.07, 6.45) is 12.5. The van der Waals surface area contributed by atoms with E-state index < -0.39 is 5.60 Å². The Hall–Kier alpha value is -0.370. The number of Topliss-reactive ketones (excluding diaryl/α,β-unsaturated/α-hetero) is 1. The number of rotatable bonds is 0. The standard InChI is InChI=1S/C15H26O2/c16-14-8-4-2-1-3-6-13-7-5-10-15(17,12-13)11-9-14/h13,17H,1-12H2. The van der Waals surface area contributed by atoms with E-state index in [1.807, 2.05) is 0 Å². The molecule has 0 aliphatic heterocycles. The number of hydrogen-bond donors (Lipinski definition) is 1. The Balaban J connectivity index is 1.94. The molecule has 2 heteroatoms. The second kappa shape index (κ2) is 5.99. The van der Waals surface area contributed by atoms with Crippen molar-refractivity contribution in [3.8, 4) is 0 Å². The molecule has 2 aliphatic rings. The molecule has 2 saturated carbocycles. The van der Waals surface area contributed by atoms with Crippen molar-refractivity contribution in [2.45, 2.75) is 82.7 Å². The van der Waals surface area contributed by atoms with E-state index in [-0.39, 0.29) is 0 Å². The van der Waals surface area contributed by atoms with Gasteiger partial charge >= 0.3 is 0 Å². The number of carbonyl (C=O) groups excluding carboxylic acids is 1. The lowest BCUT2D eigenvalue weighted by Gasteiger charge is -2.37. The third-order valence-electron chi connectivity index (χ3n) is 4.61. The third kappa shape index (κ3) is 4.09. The van der Waals surface area contributed by atoms with Crippen LogP contribution in [-0.4, -0.2) is 16.5 Å². The maximum absolute atomic E-state index is 11.7. The van der Waals surface area contributed by atoms with Gasteiger partial charge in [-0.1, -0.05) is 38.5 Å². The SMILES string of the molecule is O=C1CCCCCCC2CCCC(O)(CC1)C2. The summed E-state index contributed by atoms with van der Waals surface area (Å²) in [5.74, 6) is 1.07. The maximum atomic E-state index is 11.7. The molecule has 2 rings (SSSR count). The molecule has 0 aromatic rings. The van der Waals surface area contributed by atoms with Crippen molar-refractivity contribution in [3.63, 3.8) is 0 Å². The maximum Gasteiger partial charge on any atom is 0.133 e. The molecule has 0 radical (unpaired) electrons. The van der Waals surface area contributed by atoms with Gasteiger partial charge in [0.2, 0.25) is 0 Å². The highest BCUT2D eigenvalue weighted by atomic mass is 16.3. The summed E-state index contributed by atoms with van der Waals surface area (Å²) in [7, 11) is 0. The van der Waals surface area contributed by atoms with Crippen molar-refractivity contribution in [2.75, 3.05) is 0 Å². The topological polar surface area (TPSA) is 37.3 Å². The number of aliphatic hydroxyl groups is 1. The van der Waals surface area contributed by atoms with Gasteiger partial charge in [-0.25, -0.2) is 0 Å². The summed E-state index contributed by atoms with van der Waals surface area (Å²) in [5, 5.41) is 10.6. The molecule has 2 aliphatic carbocycles. The minimum atomic E-state index is -0.516. The summed E-state index contributed by atoms with van der Waals surface area (Å²) in [6.45, 7) is 0. The van der Waals surface area contributed by atoms with Crippen molar-refractivity contribution in [2.24, 2.45) is 5.92 Å². The Kier molecular flexibility index (Phi) is 4.61. The highest BCUT2D eigenvalue weighted by molar-refractivity contribution is 5.78. The monoisotopic (exact) mass is 238 g/mol. The van der Waals surface area contributed by atoms with Crippen LogP contribution < -0.4 is 0 Å². The molecule has 2 nitrogen and oxygen atoms in total. The molecule has 2 atom stereocenters.